The molecule has 0 saturated carbocycles. The highest BCUT2D eigenvalue weighted by molar-refractivity contribution is 5.95. The number of rotatable bonds is 6. The van der Waals surface area contributed by atoms with Gasteiger partial charge in [-0.25, -0.2) is 0 Å². The lowest BCUT2D eigenvalue weighted by Crippen LogP contribution is -2.37. The molecule has 1 N–H and O–H groups in total. The predicted octanol–water partition coefficient (Wildman–Crippen LogP) is 2.46. The average molecular weight is 418 g/mol. The highest BCUT2D eigenvalue weighted by Crippen LogP contribution is 2.34. The van der Waals surface area contributed by atoms with Gasteiger partial charge in [-0.3, -0.25) is 9.59 Å². The van der Waals surface area contributed by atoms with Gasteiger partial charge in [0.25, 0.3) is 0 Å². The molecule has 0 bridgehead atoms. The van der Waals surface area contributed by atoms with Crippen molar-refractivity contribution >= 4 is 17.5 Å². The van der Waals surface area contributed by atoms with Crippen LogP contribution in [0.3, 0.4) is 0 Å². The number of halogens is 3. The molecule has 0 atom stereocenters. The van der Waals surface area contributed by atoms with E-state index in [0.717, 1.165) is 27.4 Å². The van der Waals surface area contributed by atoms with Crippen molar-refractivity contribution in [3.63, 3.8) is 0 Å². The van der Waals surface area contributed by atoms with Crippen LogP contribution in [0.2, 0.25) is 0 Å². The number of amides is 2. The van der Waals surface area contributed by atoms with Gasteiger partial charge in [-0.1, -0.05) is 42.5 Å². The van der Waals surface area contributed by atoms with Crippen molar-refractivity contribution in [2.45, 2.75) is 12.7 Å². The van der Waals surface area contributed by atoms with E-state index >= 15 is 0 Å². The molecule has 0 aliphatic heterocycles. The summed E-state index contributed by atoms with van der Waals surface area (Å²) in [5.41, 5.74) is -0.610. The van der Waals surface area contributed by atoms with Gasteiger partial charge in [-0.15, -0.1) is 10.2 Å². The minimum absolute atomic E-state index is 0.275. The molecule has 0 aliphatic carbocycles. The van der Waals surface area contributed by atoms with E-state index in [0.29, 0.717) is 5.82 Å². The molecule has 0 spiro atoms. The number of tetrazole rings is 1. The van der Waals surface area contributed by atoms with Crippen LogP contribution in [0, 0.1) is 0 Å². The van der Waals surface area contributed by atoms with Gasteiger partial charge in [-0.05, 0) is 17.3 Å². The number of para-hydroxylation sites is 1. The van der Waals surface area contributed by atoms with Crippen LogP contribution in [0.5, 0.6) is 0 Å². The molecular weight excluding hydrogens is 401 g/mol. The summed E-state index contributed by atoms with van der Waals surface area (Å²) >= 11 is 0. The highest BCUT2D eigenvalue weighted by Gasteiger charge is 2.33. The summed E-state index contributed by atoms with van der Waals surface area (Å²) in [6.07, 6.45) is -4.61. The smallest absolute Gasteiger partial charge is 0.335 e. The normalized spacial score (nSPS) is 11.2. The molecule has 0 saturated heterocycles. The molecule has 0 unspecified atom stereocenters. The quantitative estimate of drug-likeness (QED) is 0.664. The van der Waals surface area contributed by atoms with E-state index in [-0.39, 0.29) is 12.2 Å². The fraction of sp³-hybridized carbons (Fsp3) is 0.211. The number of likely N-dealkylation sites (N-methyl/N-ethyl adjacent to an activating group) is 1. The molecule has 0 radical (unpaired) electrons. The Morgan fingerprint density at radius 2 is 1.73 bits per heavy atom. The van der Waals surface area contributed by atoms with Crippen LogP contribution in [0.25, 0.3) is 11.4 Å². The zero-order valence-corrected chi connectivity index (χ0v) is 15.8. The predicted molar refractivity (Wildman–Crippen MR) is 101 cm³/mol. The number of carbonyl (C=O) groups excluding carboxylic acids is 2. The Morgan fingerprint density at radius 3 is 2.43 bits per heavy atom. The molecule has 1 aromatic heterocycles. The second-order valence-electron chi connectivity index (χ2n) is 6.35. The first-order valence-corrected chi connectivity index (χ1v) is 8.77. The number of alkyl halides is 3. The van der Waals surface area contributed by atoms with E-state index in [1.54, 1.807) is 12.1 Å². The number of nitrogens with zero attached hydrogens (tertiary/aromatic N) is 5. The molecule has 3 aromatic rings. The standard InChI is InChI=1S/C19H17F3N6O2/c1-27(11-16(29)23-15-10-6-5-9-14(15)19(20,21)22)17(30)12-28-25-18(24-26-28)13-7-3-2-4-8-13/h2-10H,11-12H2,1H3,(H,23,29). The Morgan fingerprint density at radius 1 is 1.07 bits per heavy atom. The monoisotopic (exact) mass is 418 g/mol. The summed E-state index contributed by atoms with van der Waals surface area (Å²) < 4.78 is 39.1. The molecule has 0 fully saturated rings. The summed E-state index contributed by atoms with van der Waals surface area (Å²) in [5.74, 6) is -0.933. The molecule has 30 heavy (non-hydrogen) atoms. The molecule has 0 aliphatic rings. The Bertz CT molecular complexity index is 1040. The summed E-state index contributed by atoms with van der Waals surface area (Å²) in [7, 11) is 1.35. The summed E-state index contributed by atoms with van der Waals surface area (Å²) in [4.78, 5) is 26.6. The minimum atomic E-state index is -4.61. The SMILES string of the molecule is CN(CC(=O)Nc1ccccc1C(F)(F)F)C(=O)Cn1nnc(-c2ccccc2)n1. The zero-order chi connectivity index (χ0) is 21.7. The Labute approximate surface area is 169 Å². The molecule has 3 rings (SSSR count). The fourth-order valence-electron chi connectivity index (χ4n) is 2.59. The number of aromatic nitrogens is 4. The van der Waals surface area contributed by atoms with Crippen LogP contribution in [0.1, 0.15) is 5.56 Å². The van der Waals surface area contributed by atoms with Gasteiger partial charge in [0, 0.05) is 12.6 Å². The molecule has 156 valence electrons. The highest BCUT2D eigenvalue weighted by atomic mass is 19.4. The largest absolute Gasteiger partial charge is 0.418 e. The lowest BCUT2D eigenvalue weighted by atomic mass is 10.1. The zero-order valence-electron chi connectivity index (χ0n) is 15.8. The molecule has 8 nitrogen and oxygen atoms in total. The van der Waals surface area contributed by atoms with Gasteiger partial charge in [0.15, 0.2) is 0 Å². The maximum atomic E-state index is 13.0. The summed E-state index contributed by atoms with van der Waals surface area (Å²) in [5, 5.41) is 14.0. The Balaban J connectivity index is 1.59. The Hall–Kier alpha value is -3.76. The van der Waals surface area contributed by atoms with Crippen LogP contribution in [0.15, 0.2) is 54.6 Å². The van der Waals surface area contributed by atoms with Crippen molar-refractivity contribution in [1.82, 2.24) is 25.1 Å². The summed E-state index contributed by atoms with van der Waals surface area (Å²) in [6, 6.07) is 13.7. The lowest BCUT2D eigenvalue weighted by Gasteiger charge is -2.18. The number of hydrogen-bond donors (Lipinski definition) is 1. The van der Waals surface area contributed by atoms with Crippen molar-refractivity contribution in [2.75, 3.05) is 18.9 Å². The van der Waals surface area contributed by atoms with Crippen molar-refractivity contribution in [1.29, 1.82) is 0 Å². The second-order valence-corrected chi connectivity index (χ2v) is 6.35. The van der Waals surface area contributed by atoms with Crippen LogP contribution >= 0.6 is 0 Å². The second kappa shape index (κ2) is 8.72. The first-order chi connectivity index (χ1) is 14.2. The van der Waals surface area contributed by atoms with E-state index in [9.17, 15) is 22.8 Å². The first-order valence-electron chi connectivity index (χ1n) is 8.77. The van der Waals surface area contributed by atoms with Crippen molar-refractivity contribution in [2.24, 2.45) is 0 Å². The third-order valence-electron chi connectivity index (χ3n) is 4.07. The molecule has 2 amide bonds. The first kappa shape index (κ1) is 21.0. The maximum Gasteiger partial charge on any atom is 0.418 e. The molecular formula is C19H17F3N6O2. The van der Waals surface area contributed by atoms with E-state index in [2.05, 4.69) is 20.7 Å². The fourth-order valence-corrected chi connectivity index (χ4v) is 2.59. The molecule has 2 aromatic carbocycles. The van der Waals surface area contributed by atoms with Crippen molar-refractivity contribution < 1.29 is 22.8 Å². The maximum absolute atomic E-state index is 13.0. The lowest BCUT2D eigenvalue weighted by molar-refractivity contribution is -0.137. The van der Waals surface area contributed by atoms with Gasteiger partial charge < -0.3 is 10.2 Å². The van der Waals surface area contributed by atoms with E-state index < -0.39 is 30.1 Å². The minimum Gasteiger partial charge on any atom is -0.335 e. The number of benzene rings is 2. The van der Waals surface area contributed by atoms with Crippen LogP contribution in [-0.2, 0) is 22.3 Å². The topological polar surface area (TPSA) is 93.0 Å². The van der Waals surface area contributed by atoms with Gasteiger partial charge in [0.1, 0.15) is 6.54 Å². The number of anilines is 1. The van der Waals surface area contributed by atoms with Crippen LogP contribution in [-0.4, -0.2) is 50.5 Å². The molecule has 1 heterocycles. The third kappa shape index (κ3) is 5.19. The third-order valence-corrected chi connectivity index (χ3v) is 4.07. The van der Waals surface area contributed by atoms with E-state index in [1.807, 2.05) is 18.2 Å². The van der Waals surface area contributed by atoms with Crippen LogP contribution < -0.4 is 5.32 Å². The van der Waals surface area contributed by atoms with Gasteiger partial charge in [0.05, 0.1) is 17.8 Å². The van der Waals surface area contributed by atoms with Crippen molar-refractivity contribution in [3.8, 4) is 11.4 Å². The van der Waals surface area contributed by atoms with Gasteiger partial charge in [0.2, 0.25) is 17.6 Å². The van der Waals surface area contributed by atoms with E-state index in [4.69, 9.17) is 0 Å². The molecule has 11 heteroatoms. The van der Waals surface area contributed by atoms with Gasteiger partial charge >= 0.3 is 6.18 Å². The van der Waals surface area contributed by atoms with Crippen molar-refractivity contribution in [3.05, 3.63) is 60.2 Å². The number of carbonyl (C=O) groups is 2. The van der Waals surface area contributed by atoms with Crippen LogP contribution in [0.4, 0.5) is 18.9 Å². The summed E-state index contributed by atoms with van der Waals surface area (Å²) in [6.45, 7) is -0.714. The average Bonchev–Trinajstić information content (AvgIpc) is 3.16. The number of nitrogens with one attached hydrogen (secondary N) is 1. The van der Waals surface area contributed by atoms with Gasteiger partial charge in [-0.2, -0.15) is 18.0 Å². The number of hydrogen-bond acceptors (Lipinski definition) is 5. The Kier molecular flexibility index (Phi) is 6.09. The van der Waals surface area contributed by atoms with E-state index in [1.165, 1.54) is 19.2 Å².